The van der Waals surface area contributed by atoms with Gasteiger partial charge in [0.15, 0.2) is 5.79 Å². The van der Waals surface area contributed by atoms with Gasteiger partial charge in [0.25, 0.3) is 5.91 Å². The summed E-state index contributed by atoms with van der Waals surface area (Å²) in [5, 5.41) is 0. The zero-order valence-electron chi connectivity index (χ0n) is 14.0. The van der Waals surface area contributed by atoms with E-state index >= 15 is 0 Å². The zero-order valence-corrected chi connectivity index (χ0v) is 14.0. The van der Waals surface area contributed by atoms with Crippen LogP contribution in [0.4, 0.5) is 48.3 Å². The summed E-state index contributed by atoms with van der Waals surface area (Å²) >= 11 is 0. The minimum atomic E-state index is -7.22. The Labute approximate surface area is 154 Å². The summed E-state index contributed by atoms with van der Waals surface area (Å²) in [6.45, 7) is -1.31. The van der Waals surface area contributed by atoms with Gasteiger partial charge in [0, 0.05) is 25.9 Å². The van der Waals surface area contributed by atoms with Crippen LogP contribution in [-0.2, 0) is 19.0 Å². The van der Waals surface area contributed by atoms with Crippen LogP contribution >= 0.6 is 0 Å². The number of ether oxygens (including phenoxy) is 3. The minimum absolute atomic E-state index is 0.00834. The Morgan fingerprint density at radius 3 is 1.62 bits per heavy atom. The van der Waals surface area contributed by atoms with Crippen LogP contribution in [0.15, 0.2) is 0 Å². The number of rotatable bonds is 4. The van der Waals surface area contributed by atoms with Gasteiger partial charge in [0.2, 0.25) is 0 Å². The Kier molecular flexibility index (Phi) is 5.82. The highest BCUT2D eigenvalue weighted by Gasteiger charge is 2.80. The molecule has 0 radical (unpaired) electrons. The Balaban J connectivity index is 2.27. The fourth-order valence-corrected chi connectivity index (χ4v) is 2.67. The van der Waals surface area contributed by atoms with Crippen LogP contribution in [0.3, 0.4) is 0 Å². The molecule has 5 nitrogen and oxygen atoms in total. The van der Waals surface area contributed by atoms with Gasteiger partial charge in [-0.15, -0.1) is 0 Å². The lowest BCUT2D eigenvalue weighted by Crippen LogP contribution is -2.65. The normalized spacial score (nSPS) is 23.3. The molecule has 29 heavy (non-hydrogen) atoms. The maximum atomic E-state index is 14.3. The van der Waals surface area contributed by atoms with Gasteiger partial charge in [-0.1, -0.05) is 0 Å². The van der Waals surface area contributed by atoms with Crippen molar-refractivity contribution in [3.63, 3.8) is 0 Å². The Morgan fingerprint density at radius 1 is 0.793 bits per heavy atom. The third kappa shape index (κ3) is 4.10. The molecule has 170 valence electrons. The molecule has 2 heterocycles. The maximum absolute atomic E-state index is 14.3. The van der Waals surface area contributed by atoms with Crippen LogP contribution in [0, 0.1) is 0 Å². The van der Waals surface area contributed by atoms with E-state index in [4.69, 9.17) is 9.47 Å². The van der Waals surface area contributed by atoms with Gasteiger partial charge >= 0.3 is 30.2 Å². The van der Waals surface area contributed by atoms with Crippen LogP contribution in [0.5, 0.6) is 0 Å². The molecule has 2 aliphatic rings. The summed E-state index contributed by atoms with van der Waals surface area (Å²) in [5.41, 5.74) is 0. The Morgan fingerprint density at radius 2 is 1.24 bits per heavy atom. The maximum Gasteiger partial charge on any atom is 0.462 e. The van der Waals surface area contributed by atoms with Crippen LogP contribution in [0.1, 0.15) is 12.8 Å². The molecule has 2 saturated heterocycles. The molecule has 1 unspecified atom stereocenters. The van der Waals surface area contributed by atoms with Crippen molar-refractivity contribution < 1.29 is 67.3 Å². The van der Waals surface area contributed by atoms with Crippen molar-refractivity contribution in [2.24, 2.45) is 0 Å². The number of hydrogen-bond donors (Lipinski definition) is 0. The van der Waals surface area contributed by atoms with Crippen molar-refractivity contribution in [3.8, 4) is 0 Å². The van der Waals surface area contributed by atoms with Gasteiger partial charge in [0.05, 0.1) is 13.2 Å². The van der Waals surface area contributed by atoms with E-state index in [0.717, 1.165) is 0 Å². The van der Waals surface area contributed by atoms with E-state index in [0.29, 0.717) is 0 Å². The first-order chi connectivity index (χ1) is 12.9. The second-order valence-electron chi connectivity index (χ2n) is 6.18. The molecule has 0 aromatic carbocycles. The third-order valence-electron chi connectivity index (χ3n) is 4.26. The van der Waals surface area contributed by atoms with E-state index < -0.39 is 55.0 Å². The molecular formula is C13H12F11NO4. The molecule has 0 bridgehead atoms. The second-order valence-corrected chi connectivity index (χ2v) is 6.18. The largest absolute Gasteiger partial charge is 0.462 e. The lowest BCUT2D eigenvalue weighted by Gasteiger charge is -2.41. The van der Waals surface area contributed by atoms with E-state index in [2.05, 4.69) is 4.74 Å². The number of amides is 1. The summed E-state index contributed by atoms with van der Waals surface area (Å²) in [7, 11) is 0. The van der Waals surface area contributed by atoms with Crippen LogP contribution in [0.2, 0.25) is 0 Å². The molecule has 1 atom stereocenters. The first-order valence-corrected chi connectivity index (χ1v) is 7.74. The van der Waals surface area contributed by atoms with Gasteiger partial charge in [-0.3, -0.25) is 9.53 Å². The van der Waals surface area contributed by atoms with Crippen molar-refractivity contribution >= 4 is 5.91 Å². The number of piperidine rings is 1. The number of carbonyl (C=O) groups is 1. The summed E-state index contributed by atoms with van der Waals surface area (Å²) in [5.74, 6) is -17.6. The van der Waals surface area contributed by atoms with Gasteiger partial charge < -0.3 is 14.4 Å². The lowest BCUT2D eigenvalue weighted by molar-refractivity contribution is -0.474. The van der Waals surface area contributed by atoms with Crippen LogP contribution in [-0.4, -0.2) is 73.1 Å². The zero-order chi connectivity index (χ0) is 22.5. The number of halogens is 11. The molecule has 2 fully saturated rings. The van der Waals surface area contributed by atoms with Crippen molar-refractivity contribution in [2.45, 2.75) is 48.9 Å². The predicted octanol–water partition coefficient (Wildman–Crippen LogP) is 3.39. The van der Waals surface area contributed by atoms with E-state index in [-0.39, 0.29) is 31.0 Å². The monoisotopic (exact) mass is 455 g/mol. The standard InChI is InChI=1S/C13H12F11NO4/c14-9(11(17,18)19,29-13(23,24)10(15,16)12(20,21)22)7(26)25-3-1-8(2-4-25)27-5-6-28-8/h1-6H2. The number of likely N-dealkylation sites (tertiary alicyclic amines) is 1. The highest BCUT2D eigenvalue weighted by molar-refractivity contribution is 5.84. The second kappa shape index (κ2) is 7.08. The summed E-state index contributed by atoms with van der Waals surface area (Å²) in [6.07, 6.45) is -21.5. The molecular weight excluding hydrogens is 443 g/mol. The molecule has 2 aliphatic heterocycles. The van der Waals surface area contributed by atoms with Gasteiger partial charge in [-0.05, 0) is 0 Å². The summed E-state index contributed by atoms with van der Waals surface area (Å²) in [4.78, 5) is 11.9. The number of alkyl halides is 11. The quantitative estimate of drug-likeness (QED) is 0.611. The Bertz CT molecular complexity index is 619. The van der Waals surface area contributed by atoms with Crippen molar-refractivity contribution in [1.82, 2.24) is 4.90 Å². The molecule has 0 N–H and O–H groups in total. The van der Waals surface area contributed by atoms with Crippen molar-refractivity contribution in [1.29, 1.82) is 0 Å². The van der Waals surface area contributed by atoms with E-state index in [1.54, 1.807) is 0 Å². The molecule has 1 amide bonds. The molecule has 16 heteroatoms. The highest BCUT2D eigenvalue weighted by Crippen LogP contribution is 2.51. The fourth-order valence-electron chi connectivity index (χ4n) is 2.67. The van der Waals surface area contributed by atoms with Crippen LogP contribution in [0.25, 0.3) is 0 Å². The van der Waals surface area contributed by atoms with Crippen molar-refractivity contribution in [2.75, 3.05) is 26.3 Å². The van der Waals surface area contributed by atoms with Gasteiger partial charge in [-0.25, -0.2) is 0 Å². The lowest BCUT2D eigenvalue weighted by atomic mass is 10.0. The SMILES string of the molecule is O=C(N1CCC2(CC1)OCCO2)C(F)(OC(F)(F)C(F)(F)C(F)(F)F)C(F)(F)F. The predicted molar refractivity (Wildman–Crippen MR) is 67.4 cm³/mol. The van der Waals surface area contributed by atoms with Crippen LogP contribution < -0.4 is 0 Å². The molecule has 1 spiro atoms. The topological polar surface area (TPSA) is 48.0 Å². The first-order valence-electron chi connectivity index (χ1n) is 7.74. The van der Waals surface area contributed by atoms with Gasteiger partial charge in [0.1, 0.15) is 0 Å². The molecule has 0 aromatic heterocycles. The van der Waals surface area contributed by atoms with Crippen molar-refractivity contribution in [3.05, 3.63) is 0 Å². The van der Waals surface area contributed by atoms with E-state index in [9.17, 15) is 53.1 Å². The molecule has 0 aliphatic carbocycles. The summed E-state index contributed by atoms with van der Waals surface area (Å²) < 4.78 is 154. The Hall–Kier alpha value is -1.42. The number of hydrogen-bond acceptors (Lipinski definition) is 4. The van der Waals surface area contributed by atoms with E-state index in [1.807, 2.05) is 0 Å². The average molecular weight is 455 g/mol. The fraction of sp³-hybridized carbons (Fsp3) is 0.923. The third-order valence-corrected chi connectivity index (χ3v) is 4.26. The summed E-state index contributed by atoms with van der Waals surface area (Å²) in [6, 6.07) is 0. The van der Waals surface area contributed by atoms with E-state index in [1.165, 1.54) is 0 Å². The molecule has 0 saturated carbocycles. The van der Waals surface area contributed by atoms with Gasteiger partial charge in [-0.2, -0.15) is 48.3 Å². The number of nitrogens with zero attached hydrogens (tertiary/aromatic N) is 1. The molecule has 0 aromatic rings. The highest BCUT2D eigenvalue weighted by atomic mass is 19.4. The smallest absolute Gasteiger partial charge is 0.347 e. The first kappa shape index (κ1) is 23.9. The average Bonchev–Trinajstić information content (AvgIpc) is 3.00. The number of carbonyl (C=O) groups excluding carboxylic acids is 1. The molecule has 2 rings (SSSR count). The minimum Gasteiger partial charge on any atom is -0.347 e.